The minimum absolute atomic E-state index is 0.122. The fraction of sp³-hybridized carbons (Fsp3) is 0.745. The molecule has 0 aromatic carbocycles. The van der Waals surface area contributed by atoms with Gasteiger partial charge in [0.2, 0.25) is 0 Å². The summed E-state index contributed by atoms with van der Waals surface area (Å²) in [4.78, 5) is 25.8. The molecule has 4 unspecified atom stereocenters. The average molecular weight is 993 g/mol. The van der Waals surface area contributed by atoms with E-state index in [2.05, 4.69) is 86.8 Å². The highest BCUT2D eigenvalue weighted by atomic mass is 16.7. The molecule has 2 fully saturated rings. The maximum atomic E-state index is 13.0. The molecular formula is C55H92O15. The predicted molar refractivity (Wildman–Crippen MR) is 270 cm³/mol. The predicted octanol–water partition coefficient (Wildman–Crippen LogP) is 7.82. The second kappa shape index (κ2) is 41.4. The van der Waals surface area contributed by atoms with Crippen molar-refractivity contribution in [2.24, 2.45) is 0 Å². The van der Waals surface area contributed by atoms with E-state index in [-0.39, 0.29) is 19.4 Å². The molecule has 70 heavy (non-hydrogen) atoms. The van der Waals surface area contributed by atoms with Crippen molar-refractivity contribution in [1.29, 1.82) is 0 Å². The standard InChI is InChI=1S/C55H92O15/c1-3-5-7-9-11-13-15-17-19-20-21-22-24-26-28-30-32-34-36-38-47(58)68-43(40-65-46(57)37-35-33-31-29-27-25-23-18-16-14-12-10-8-6-4-2)41-66-54-53(64)51(62)49(60)45(70-54)42-67-55-52(63)50(61)48(59)44(39-56)69-55/h5,7,10-13,17,19,21-22,26,28,43-45,48-56,59-64H,3-4,6,8-9,14-16,18,20,23-25,27,29-42H2,1-2H3/b7-5+,12-10+,13-11+,19-17+,22-21+,28-26+/t43-,44+,45+,48-,49-,50?,51?,52?,53?,54+,55+/m1/s1. The number of aliphatic hydroxyl groups excluding tert-OH is 7. The molecule has 0 bridgehead atoms. The van der Waals surface area contributed by atoms with Crippen molar-refractivity contribution in [3.63, 3.8) is 0 Å². The molecule has 2 saturated heterocycles. The molecule has 15 nitrogen and oxygen atoms in total. The van der Waals surface area contributed by atoms with Crippen LogP contribution in [0.15, 0.2) is 72.9 Å². The highest BCUT2D eigenvalue weighted by molar-refractivity contribution is 5.70. The van der Waals surface area contributed by atoms with Crippen LogP contribution in [0.3, 0.4) is 0 Å². The van der Waals surface area contributed by atoms with Crippen LogP contribution in [0.2, 0.25) is 0 Å². The molecule has 0 saturated carbocycles. The van der Waals surface area contributed by atoms with Crippen molar-refractivity contribution in [2.45, 2.75) is 235 Å². The number of carbonyl (C=O) groups is 2. The monoisotopic (exact) mass is 993 g/mol. The Labute approximate surface area is 419 Å². The number of allylic oxidation sites excluding steroid dienone is 12. The summed E-state index contributed by atoms with van der Waals surface area (Å²) in [6.07, 6.45) is 32.1. The van der Waals surface area contributed by atoms with E-state index in [4.69, 9.17) is 28.4 Å². The number of esters is 2. The third kappa shape index (κ3) is 28.8. The topological polar surface area (TPSA) is 231 Å². The van der Waals surface area contributed by atoms with Crippen molar-refractivity contribution >= 4 is 11.9 Å². The molecule has 0 spiro atoms. The molecule has 2 aliphatic rings. The number of rotatable bonds is 40. The van der Waals surface area contributed by atoms with E-state index in [1.807, 2.05) is 0 Å². The maximum Gasteiger partial charge on any atom is 0.306 e. The summed E-state index contributed by atoms with van der Waals surface area (Å²) in [5.41, 5.74) is 0. The molecule has 7 N–H and O–H groups in total. The van der Waals surface area contributed by atoms with Gasteiger partial charge >= 0.3 is 11.9 Å². The van der Waals surface area contributed by atoms with Crippen LogP contribution < -0.4 is 0 Å². The van der Waals surface area contributed by atoms with Gasteiger partial charge in [-0.1, -0.05) is 151 Å². The highest BCUT2D eigenvalue weighted by Crippen LogP contribution is 2.26. The Hall–Kier alpha value is -3.06. The zero-order valence-electron chi connectivity index (χ0n) is 42.5. The Bertz CT molecular complexity index is 1490. The highest BCUT2D eigenvalue weighted by Gasteiger charge is 2.47. The normalized spacial score (nSPS) is 26.0. The molecule has 2 aliphatic heterocycles. The van der Waals surface area contributed by atoms with Gasteiger partial charge < -0.3 is 64.2 Å². The summed E-state index contributed by atoms with van der Waals surface area (Å²) in [7, 11) is 0. The van der Waals surface area contributed by atoms with E-state index in [1.165, 1.54) is 51.4 Å². The Morgan fingerprint density at radius 3 is 1.44 bits per heavy atom. The van der Waals surface area contributed by atoms with Crippen LogP contribution in [0.1, 0.15) is 168 Å². The zero-order valence-corrected chi connectivity index (χ0v) is 42.5. The summed E-state index contributed by atoms with van der Waals surface area (Å²) in [5, 5.41) is 72.1. The van der Waals surface area contributed by atoms with Gasteiger partial charge in [-0.05, 0) is 77.0 Å². The average Bonchev–Trinajstić information content (AvgIpc) is 3.35. The van der Waals surface area contributed by atoms with E-state index >= 15 is 0 Å². The summed E-state index contributed by atoms with van der Waals surface area (Å²) in [5.74, 6) is -0.970. The Morgan fingerprint density at radius 1 is 0.471 bits per heavy atom. The van der Waals surface area contributed by atoms with Gasteiger partial charge in [-0.3, -0.25) is 9.59 Å². The molecular weight excluding hydrogens is 901 g/mol. The van der Waals surface area contributed by atoms with Crippen LogP contribution in [0.25, 0.3) is 0 Å². The van der Waals surface area contributed by atoms with E-state index in [0.29, 0.717) is 12.8 Å². The SMILES string of the molecule is CC/C=C/C/C=C/C/C=C/C/C=C/C/C=C/CCCCCC(=O)O[C@H](COC(=O)CCCCCCCCCCC/C=C/CCCC)CO[C@H]1O[C@@H](CO[C@H]2O[C@@H](CO)[C@@H](O)C(O)C2O)[C@@H](O)C(O)C1O. The number of aliphatic hydroxyl groups is 7. The van der Waals surface area contributed by atoms with Crippen molar-refractivity contribution in [3.8, 4) is 0 Å². The smallest absolute Gasteiger partial charge is 0.306 e. The number of unbranched alkanes of at least 4 members (excludes halogenated alkanes) is 14. The first-order valence-corrected chi connectivity index (χ1v) is 26.5. The quantitative estimate of drug-likeness (QED) is 0.0176. The van der Waals surface area contributed by atoms with Crippen LogP contribution in [-0.4, -0.2) is 142 Å². The van der Waals surface area contributed by atoms with Gasteiger partial charge in [-0.25, -0.2) is 0 Å². The van der Waals surface area contributed by atoms with Gasteiger partial charge in [0.05, 0.1) is 19.8 Å². The fourth-order valence-corrected chi connectivity index (χ4v) is 7.81. The van der Waals surface area contributed by atoms with Crippen LogP contribution in [-0.2, 0) is 38.0 Å². The summed E-state index contributed by atoms with van der Waals surface area (Å²) >= 11 is 0. The van der Waals surface area contributed by atoms with Crippen LogP contribution in [0.4, 0.5) is 0 Å². The minimum atomic E-state index is -1.77. The molecule has 15 heteroatoms. The second-order valence-electron chi connectivity index (χ2n) is 18.3. The van der Waals surface area contributed by atoms with Gasteiger partial charge in [-0.2, -0.15) is 0 Å². The molecule has 2 rings (SSSR count). The van der Waals surface area contributed by atoms with E-state index in [0.717, 1.165) is 77.0 Å². The lowest BCUT2D eigenvalue weighted by Crippen LogP contribution is -2.61. The Balaban J connectivity index is 1.82. The molecule has 0 radical (unpaired) electrons. The fourth-order valence-electron chi connectivity index (χ4n) is 7.81. The zero-order chi connectivity index (χ0) is 51.0. The molecule has 0 aromatic heterocycles. The molecule has 11 atom stereocenters. The lowest BCUT2D eigenvalue weighted by molar-refractivity contribution is -0.332. The molecule has 402 valence electrons. The third-order valence-electron chi connectivity index (χ3n) is 12.2. The van der Waals surface area contributed by atoms with Crippen molar-refractivity contribution in [1.82, 2.24) is 0 Å². The molecule has 0 aliphatic carbocycles. The molecule has 2 heterocycles. The second-order valence-corrected chi connectivity index (χ2v) is 18.3. The van der Waals surface area contributed by atoms with Crippen LogP contribution in [0, 0.1) is 0 Å². The first-order chi connectivity index (χ1) is 34.0. The first-order valence-electron chi connectivity index (χ1n) is 26.5. The number of carbonyl (C=O) groups excluding carboxylic acids is 2. The lowest BCUT2D eigenvalue weighted by Gasteiger charge is -2.42. The van der Waals surface area contributed by atoms with Crippen LogP contribution >= 0.6 is 0 Å². The van der Waals surface area contributed by atoms with Gasteiger partial charge in [0.25, 0.3) is 0 Å². The number of hydrogen-bond donors (Lipinski definition) is 7. The van der Waals surface area contributed by atoms with Gasteiger partial charge in [-0.15, -0.1) is 0 Å². The minimum Gasteiger partial charge on any atom is -0.462 e. The van der Waals surface area contributed by atoms with E-state index in [9.17, 15) is 45.3 Å². The Morgan fingerprint density at radius 2 is 0.900 bits per heavy atom. The number of ether oxygens (including phenoxy) is 6. The maximum absolute atomic E-state index is 13.0. The molecule has 0 amide bonds. The van der Waals surface area contributed by atoms with Crippen molar-refractivity contribution in [2.75, 3.05) is 26.4 Å². The Kier molecular flexibility index (Phi) is 37.3. The van der Waals surface area contributed by atoms with Gasteiger partial charge in [0.1, 0.15) is 55.4 Å². The summed E-state index contributed by atoms with van der Waals surface area (Å²) in [6.45, 7) is 2.40. The number of hydrogen-bond acceptors (Lipinski definition) is 15. The lowest BCUT2D eigenvalue weighted by atomic mass is 9.98. The summed E-state index contributed by atoms with van der Waals surface area (Å²) < 4.78 is 33.6. The van der Waals surface area contributed by atoms with E-state index < -0.39 is 99.3 Å². The molecule has 0 aromatic rings. The van der Waals surface area contributed by atoms with Crippen molar-refractivity contribution < 1.29 is 73.8 Å². The van der Waals surface area contributed by atoms with Gasteiger partial charge in [0.15, 0.2) is 18.7 Å². The van der Waals surface area contributed by atoms with Crippen molar-refractivity contribution in [3.05, 3.63) is 72.9 Å². The third-order valence-corrected chi connectivity index (χ3v) is 12.2. The summed E-state index contributed by atoms with van der Waals surface area (Å²) in [6, 6.07) is 0. The largest absolute Gasteiger partial charge is 0.462 e. The van der Waals surface area contributed by atoms with E-state index in [1.54, 1.807) is 0 Å². The van der Waals surface area contributed by atoms with Gasteiger partial charge in [0, 0.05) is 12.8 Å². The first kappa shape index (κ1) is 63.1. The van der Waals surface area contributed by atoms with Crippen LogP contribution in [0.5, 0.6) is 0 Å².